The molecule has 0 bridgehead atoms. The zero-order valence-electron chi connectivity index (χ0n) is 27.6. The first-order valence-corrected chi connectivity index (χ1v) is 16.2. The Morgan fingerprint density at radius 1 is 1.07 bits per heavy atom. The Balaban J connectivity index is 1.44. The van der Waals surface area contributed by atoms with Crippen LogP contribution in [0.4, 0.5) is 4.79 Å². The van der Waals surface area contributed by atoms with Gasteiger partial charge in [-0.25, -0.2) is 9.48 Å². The topological polar surface area (TPSA) is 82.9 Å². The molecule has 1 fully saturated rings. The minimum atomic E-state index is -0.648. The second-order valence-corrected chi connectivity index (χ2v) is 12.7. The minimum absolute atomic E-state index is 0.0209. The third-order valence-corrected chi connectivity index (χ3v) is 8.16. The monoisotopic (exact) mass is 623 g/mol. The van der Waals surface area contributed by atoms with Gasteiger partial charge in [-0.05, 0) is 111 Å². The highest BCUT2D eigenvalue weighted by Crippen LogP contribution is 2.38. The van der Waals surface area contributed by atoms with Gasteiger partial charge < -0.3 is 19.0 Å². The molecule has 0 spiro atoms. The molecule has 1 aliphatic heterocycles. The number of amides is 1. The summed E-state index contributed by atoms with van der Waals surface area (Å²) in [7, 11) is 0. The Bertz CT molecular complexity index is 1680. The highest BCUT2D eigenvalue weighted by Gasteiger charge is 2.23. The normalized spacial score (nSPS) is 15.7. The molecule has 0 radical (unpaired) electrons. The van der Waals surface area contributed by atoms with E-state index in [4.69, 9.17) is 19.3 Å². The van der Waals surface area contributed by atoms with Crippen molar-refractivity contribution in [2.24, 2.45) is 0 Å². The van der Waals surface area contributed by atoms with Gasteiger partial charge in [0.15, 0.2) is 6.23 Å². The average molecular weight is 624 g/mol. The number of rotatable bonds is 11. The van der Waals surface area contributed by atoms with E-state index < -0.39 is 11.7 Å². The number of aryl methyl sites for hydroxylation is 1. The number of carbonyl (C=O) groups excluding carboxylic acids is 2. The van der Waals surface area contributed by atoms with E-state index in [0.29, 0.717) is 12.0 Å². The standard InChI is InChI=1S/C38H45N3O5/c1-6-32(33-12-8-7-11-27(33)2)36(29-16-19-34-30(25-29)26-39-41(34)35-13-9-10-23-45-35)28-14-17-31(18-15-28)44-24-21-40(20-22-42)37(43)46-38(3,4)5/h7-8,11-12,14-19,22,25-26,35H,6,9-10,13,20-21,23-24H2,1-5H3/b36-32+. The van der Waals surface area contributed by atoms with Gasteiger partial charge in [0.2, 0.25) is 0 Å². The van der Waals surface area contributed by atoms with Gasteiger partial charge >= 0.3 is 6.09 Å². The van der Waals surface area contributed by atoms with Gasteiger partial charge in [0.25, 0.3) is 0 Å². The molecule has 1 saturated heterocycles. The van der Waals surface area contributed by atoms with Crippen molar-refractivity contribution in [3.63, 3.8) is 0 Å². The zero-order valence-corrected chi connectivity index (χ0v) is 27.6. The summed E-state index contributed by atoms with van der Waals surface area (Å²) in [5, 5.41) is 5.81. The number of benzene rings is 3. The fourth-order valence-electron chi connectivity index (χ4n) is 5.95. The fraction of sp³-hybridized carbons (Fsp3) is 0.395. The van der Waals surface area contributed by atoms with Crippen LogP contribution in [0.5, 0.6) is 5.75 Å². The molecule has 1 atom stereocenters. The van der Waals surface area contributed by atoms with Crippen LogP contribution in [-0.2, 0) is 14.3 Å². The van der Waals surface area contributed by atoms with E-state index in [9.17, 15) is 9.59 Å². The Kier molecular flexibility index (Phi) is 10.6. The summed E-state index contributed by atoms with van der Waals surface area (Å²) in [4.78, 5) is 25.0. The lowest BCUT2D eigenvalue weighted by Gasteiger charge is -2.26. The van der Waals surface area contributed by atoms with E-state index in [2.05, 4.69) is 68.4 Å². The summed E-state index contributed by atoms with van der Waals surface area (Å²) in [5.41, 5.74) is 7.49. The van der Waals surface area contributed by atoms with Crippen LogP contribution in [0.3, 0.4) is 0 Å². The highest BCUT2D eigenvalue weighted by atomic mass is 16.6. The van der Waals surface area contributed by atoms with E-state index in [1.54, 1.807) is 20.8 Å². The molecule has 1 aromatic heterocycles. The molecule has 1 unspecified atom stereocenters. The number of nitrogens with zero attached hydrogens (tertiary/aromatic N) is 3. The molecule has 1 amide bonds. The first-order valence-electron chi connectivity index (χ1n) is 16.2. The van der Waals surface area contributed by atoms with Gasteiger partial charge in [-0.1, -0.05) is 49.4 Å². The summed E-state index contributed by atoms with van der Waals surface area (Å²) in [6, 6.07) is 23.2. The summed E-state index contributed by atoms with van der Waals surface area (Å²) in [5.74, 6) is 0.677. The van der Waals surface area contributed by atoms with Crippen molar-refractivity contribution in [2.45, 2.75) is 72.1 Å². The second kappa shape index (κ2) is 14.8. The van der Waals surface area contributed by atoms with Gasteiger partial charge in [0.05, 0.1) is 24.8 Å². The summed E-state index contributed by atoms with van der Waals surface area (Å²) in [6.07, 6.45) is 6.14. The van der Waals surface area contributed by atoms with E-state index in [1.807, 2.05) is 23.0 Å². The summed E-state index contributed by atoms with van der Waals surface area (Å²) in [6.45, 7) is 10.9. The Morgan fingerprint density at radius 2 is 1.83 bits per heavy atom. The molecule has 2 heterocycles. The van der Waals surface area contributed by atoms with Crippen LogP contribution >= 0.6 is 0 Å². The van der Waals surface area contributed by atoms with Gasteiger partial charge in [-0.3, -0.25) is 4.90 Å². The number of aldehydes is 1. The molecular weight excluding hydrogens is 578 g/mol. The third-order valence-electron chi connectivity index (χ3n) is 8.16. The van der Waals surface area contributed by atoms with Crippen LogP contribution in [0.25, 0.3) is 22.0 Å². The smallest absolute Gasteiger partial charge is 0.410 e. The van der Waals surface area contributed by atoms with Crippen LogP contribution in [0, 0.1) is 6.92 Å². The number of hydrogen-bond donors (Lipinski definition) is 0. The van der Waals surface area contributed by atoms with E-state index in [-0.39, 0.29) is 25.9 Å². The van der Waals surface area contributed by atoms with Crippen molar-refractivity contribution >= 4 is 34.4 Å². The second-order valence-electron chi connectivity index (χ2n) is 12.7. The predicted molar refractivity (Wildman–Crippen MR) is 182 cm³/mol. The molecule has 0 N–H and O–H groups in total. The zero-order chi connectivity index (χ0) is 32.7. The summed E-state index contributed by atoms with van der Waals surface area (Å²) < 4.78 is 19.5. The Hall–Kier alpha value is -4.43. The molecule has 0 aliphatic carbocycles. The number of hydrogen-bond acceptors (Lipinski definition) is 6. The Morgan fingerprint density at radius 3 is 2.50 bits per heavy atom. The first-order chi connectivity index (χ1) is 22.2. The van der Waals surface area contributed by atoms with Gasteiger partial charge in [0, 0.05) is 12.0 Å². The molecule has 8 heteroatoms. The maximum Gasteiger partial charge on any atom is 0.410 e. The molecule has 242 valence electrons. The van der Waals surface area contributed by atoms with Crippen LogP contribution in [-0.4, -0.2) is 59.0 Å². The van der Waals surface area contributed by atoms with Crippen molar-refractivity contribution in [1.82, 2.24) is 14.7 Å². The van der Waals surface area contributed by atoms with Crippen LogP contribution in [0.1, 0.15) is 81.9 Å². The van der Waals surface area contributed by atoms with Crippen molar-refractivity contribution in [3.05, 3.63) is 95.2 Å². The fourth-order valence-corrected chi connectivity index (χ4v) is 5.95. The van der Waals surface area contributed by atoms with Crippen LogP contribution < -0.4 is 4.74 Å². The molecule has 46 heavy (non-hydrogen) atoms. The number of fused-ring (bicyclic) bond motifs is 1. The number of carbonyl (C=O) groups is 2. The molecule has 8 nitrogen and oxygen atoms in total. The van der Waals surface area contributed by atoms with Crippen molar-refractivity contribution in [1.29, 1.82) is 0 Å². The lowest BCUT2D eigenvalue weighted by molar-refractivity contribution is -0.109. The predicted octanol–water partition coefficient (Wildman–Crippen LogP) is 8.23. The maximum absolute atomic E-state index is 12.5. The first kappa shape index (κ1) is 32.9. The molecular formula is C38H45N3O5. The lowest BCUT2D eigenvalue weighted by atomic mass is 9.86. The van der Waals surface area contributed by atoms with E-state index in [1.165, 1.54) is 21.6 Å². The lowest BCUT2D eigenvalue weighted by Crippen LogP contribution is -2.40. The third kappa shape index (κ3) is 7.85. The number of allylic oxidation sites excluding steroid dienone is 1. The number of aromatic nitrogens is 2. The molecule has 5 rings (SSSR count). The van der Waals surface area contributed by atoms with Crippen molar-refractivity contribution in [2.75, 3.05) is 26.3 Å². The molecule has 4 aromatic rings. The highest BCUT2D eigenvalue weighted by molar-refractivity contribution is 6.01. The molecule has 0 saturated carbocycles. The van der Waals surface area contributed by atoms with E-state index in [0.717, 1.165) is 59.9 Å². The summed E-state index contributed by atoms with van der Waals surface area (Å²) >= 11 is 0. The largest absolute Gasteiger partial charge is 0.492 e. The van der Waals surface area contributed by atoms with Crippen LogP contribution in [0.2, 0.25) is 0 Å². The van der Waals surface area contributed by atoms with Gasteiger partial charge in [0.1, 0.15) is 24.2 Å². The van der Waals surface area contributed by atoms with Crippen molar-refractivity contribution < 1.29 is 23.8 Å². The Labute approximate surface area is 271 Å². The van der Waals surface area contributed by atoms with E-state index >= 15 is 0 Å². The van der Waals surface area contributed by atoms with Crippen LogP contribution in [0.15, 0.2) is 72.9 Å². The minimum Gasteiger partial charge on any atom is -0.492 e. The maximum atomic E-state index is 12.5. The van der Waals surface area contributed by atoms with Gasteiger partial charge in [-0.2, -0.15) is 5.10 Å². The van der Waals surface area contributed by atoms with Crippen molar-refractivity contribution in [3.8, 4) is 5.75 Å². The molecule has 3 aromatic carbocycles. The molecule has 1 aliphatic rings. The number of ether oxygens (including phenoxy) is 3. The quantitative estimate of drug-likeness (QED) is 0.124. The average Bonchev–Trinajstić information content (AvgIpc) is 3.47. The van der Waals surface area contributed by atoms with Gasteiger partial charge in [-0.15, -0.1) is 0 Å². The SMILES string of the molecule is CC/C(=C(/c1ccc(OCCN(CC=O)C(=O)OC(C)(C)C)cc1)c1ccc2c(cnn2C2CCCCO2)c1)c1ccccc1C.